The van der Waals surface area contributed by atoms with Crippen LogP contribution in [0.5, 0.6) is 0 Å². The van der Waals surface area contributed by atoms with Gasteiger partial charge in [-0.15, -0.1) is 0 Å². The van der Waals surface area contributed by atoms with E-state index in [1.807, 2.05) is 13.8 Å². The van der Waals surface area contributed by atoms with Crippen molar-refractivity contribution in [3.8, 4) is 0 Å². The summed E-state index contributed by atoms with van der Waals surface area (Å²) in [5.41, 5.74) is 7.10. The first-order chi connectivity index (χ1) is 11.8. The fourth-order valence-corrected chi connectivity index (χ4v) is 1.95. The Morgan fingerprint density at radius 2 is 1.40 bits per heavy atom. The van der Waals surface area contributed by atoms with Gasteiger partial charge in [0.15, 0.2) is 10.2 Å². The first kappa shape index (κ1) is 23.7. The van der Waals surface area contributed by atoms with Gasteiger partial charge in [-0.1, -0.05) is 27.7 Å². The summed E-state index contributed by atoms with van der Waals surface area (Å²) >= 11 is 10.4. The number of hydrazone groups is 2. The minimum atomic E-state index is 0.501. The molecule has 0 saturated heterocycles. The largest absolute Gasteiger partial charge is 0.361 e. The van der Waals surface area contributed by atoms with Gasteiger partial charge in [-0.05, 0) is 57.3 Å². The summed E-state index contributed by atoms with van der Waals surface area (Å²) in [4.78, 5) is 2.32. The number of hydrogen-bond acceptors (Lipinski definition) is 5. The molecule has 0 aromatic carbocycles. The summed E-state index contributed by atoms with van der Waals surface area (Å²) in [7, 11) is 0. The Labute approximate surface area is 163 Å². The molecule has 0 aliphatic rings. The first-order valence-electron chi connectivity index (χ1n) is 8.69. The van der Waals surface area contributed by atoms with Gasteiger partial charge in [0.2, 0.25) is 0 Å². The van der Waals surface area contributed by atoms with E-state index in [0.717, 1.165) is 44.1 Å². The van der Waals surface area contributed by atoms with E-state index in [4.69, 9.17) is 24.4 Å². The number of hydrogen-bond donors (Lipinski definition) is 4. The van der Waals surface area contributed by atoms with E-state index in [2.05, 4.69) is 64.3 Å². The highest BCUT2D eigenvalue weighted by Gasteiger charge is 2.02. The molecule has 0 atom stereocenters. The molecule has 0 bridgehead atoms. The number of nitrogens with one attached hydrogen (secondary N) is 4. The van der Waals surface area contributed by atoms with E-state index in [1.165, 1.54) is 0 Å². The maximum Gasteiger partial charge on any atom is 0.187 e. The van der Waals surface area contributed by atoms with Crippen LogP contribution in [0.15, 0.2) is 10.2 Å². The van der Waals surface area contributed by atoms with E-state index >= 15 is 0 Å². The molecular weight excluding hydrogens is 354 g/mol. The number of nitrogens with zero attached hydrogens (tertiary/aromatic N) is 3. The van der Waals surface area contributed by atoms with Crippen LogP contribution in [0.3, 0.4) is 0 Å². The Hall–Kier alpha value is -1.32. The SMILES string of the molecule is CCN(CC)CCNC(=S)N/N=C(C)/C(C)=N/NC(=S)NCC(C)C. The van der Waals surface area contributed by atoms with Crippen LogP contribution < -0.4 is 21.5 Å². The fourth-order valence-electron chi connectivity index (χ4n) is 1.67. The van der Waals surface area contributed by atoms with Crippen LogP contribution in [-0.4, -0.2) is 59.3 Å². The van der Waals surface area contributed by atoms with Gasteiger partial charge in [0.1, 0.15) is 0 Å². The highest BCUT2D eigenvalue weighted by Crippen LogP contribution is 1.88. The van der Waals surface area contributed by atoms with Gasteiger partial charge in [-0.3, -0.25) is 10.9 Å². The molecule has 9 heteroatoms. The predicted molar refractivity (Wildman–Crippen MR) is 116 cm³/mol. The van der Waals surface area contributed by atoms with Crippen LogP contribution in [0.25, 0.3) is 0 Å². The summed E-state index contributed by atoms with van der Waals surface area (Å²) in [6.07, 6.45) is 0. The van der Waals surface area contributed by atoms with Crippen molar-refractivity contribution in [1.29, 1.82) is 0 Å². The van der Waals surface area contributed by atoms with Crippen LogP contribution in [0, 0.1) is 5.92 Å². The van der Waals surface area contributed by atoms with Crippen molar-refractivity contribution in [2.75, 3.05) is 32.7 Å². The van der Waals surface area contributed by atoms with Crippen molar-refractivity contribution in [2.24, 2.45) is 16.1 Å². The molecule has 25 heavy (non-hydrogen) atoms. The second-order valence-corrected chi connectivity index (χ2v) is 6.82. The molecule has 0 aromatic rings. The molecular formula is C16H33N7S2. The molecule has 0 rings (SSSR count). The van der Waals surface area contributed by atoms with Crippen molar-refractivity contribution >= 4 is 46.1 Å². The van der Waals surface area contributed by atoms with Crippen LogP contribution in [0.1, 0.15) is 41.5 Å². The molecule has 0 fully saturated rings. The molecule has 0 aromatic heterocycles. The van der Waals surface area contributed by atoms with Crippen molar-refractivity contribution in [2.45, 2.75) is 41.5 Å². The monoisotopic (exact) mass is 387 g/mol. The summed E-state index contributed by atoms with van der Waals surface area (Å²) < 4.78 is 0. The van der Waals surface area contributed by atoms with Crippen LogP contribution in [-0.2, 0) is 0 Å². The average Bonchev–Trinajstić information content (AvgIpc) is 2.59. The molecule has 7 nitrogen and oxygen atoms in total. The molecule has 0 unspecified atom stereocenters. The predicted octanol–water partition coefficient (Wildman–Crippen LogP) is 1.66. The molecule has 0 amide bonds. The van der Waals surface area contributed by atoms with E-state index in [9.17, 15) is 0 Å². The quantitative estimate of drug-likeness (QED) is 0.258. The Morgan fingerprint density at radius 3 is 1.84 bits per heavy atom. The van der Waals surface area contributed by atoms with Gasteiger partial charge < -0.3 is 15.5 Å². The fraction of sp³-hybridized carbons (Fsp3) is 0.750. The Morgan fingerprint density at radius 1 is 0.920 bits per heavy atom. The topological polar surface area (TPSA) is 76.1 Å². The van der Waals surface area contributed by atoms with Crippen LogP contribution >= 0.6 is 24.4 Å². The summed E-state index contributed by atoms with van der Waals surface area (Å²) in [6.45, 7) is 16.8. The lowest BCUT2D eigenvalue weighted by molar-refractivity contribution is 0.308. The van der Waals surface area contributed by atoms with Crippen molar-refractivity contribution in [1.82, 2.24) is 26.4 Å². The van der Waals surface area contributed by atoms with Gasteiger partial charge in [-0.25, -0.2) is 0 Å². The average molecular weight is 388 g/mol. The Kier molecular flexibility index (Phi) is 13.2. The lowest BCUT2D eigenvalue weighted by atomic mass is 10.2. The zero-order chi connectivity index (χ0) is 19.2. The van der Waals surface area contributed by atoms with E-state index in [1.54, 1.807) is 0 Å². The normalized spacial score (nSPS) is 12.3. The standard InChI is InChI=1S/C16H33N7S2/c1-7-23(8-2)10-9-17-15(24)21-19-13(5)14(6)20-22-16(25)18-11-12(3)4/h12H,7-11H2,1-6H3,(H2,17,21,24)(H2,18,22,25)/b19-13+,20-14+. The smallest absolute Gasteiger partial charge is 0.187 e. The second-order valence-electron chi connectivity index (χ2n) is 6.00. The van der Waals surface area contributed by atoms with Crippen molar-refractivity contribution in [3.05, 3.63) is 0 Å². The van der Waals surface area contributed by atoms with E-state index < -0.39 is 0 Å². The van der Waals surface area contributed by atoms with Gasteiger partial charge in [0.25, 0.3) is 0 Å². The van der Waals surface area contributed by atoms with Crippen LogP contribution in [0.2, 0.25) is 0 Å². The third kappa shape index (κ3) is 12.7. The lowest BCUT2D eigenvalue weighted by Crippen LogP contribution is -2.39. The zero-order valence-electron chi connectivity index (χ0n) is 16.3. The molecule has 0 aliphatic heterocycles. The second kappa shape index (κ2) is 13.9. The maximum atomic E-state index is 5.21. The van der Waals surface area contributed by atoms with E-state index in [0.29, 0.717) is 16.1 Å². The third-order valence-electron chi connectivity index (χ3n) is 3.45. The highest BCUT2D eigenvalue weighted by atomic mass is 32.1. The molecule has 0 radical (unpaired) electrons. The number of rotatable bonds is 10. The minimum Gasteiger partial charge on any atom is -0.361 e. The molecule has 0 saturated carbocycles. The summed E-state index contributed by atoms with van der Waals surface area (Å²) in [5.74, 6) is 0.521. The van der Waals surface area contributed by atoms with Crippen molar-refractivity contribution < 1.29 is 0 Å². The molecule has 4 N–H and O–H groups in total. The van der Waals surface area contributed by atoms with Crippen molar-refractivity contribution in [3.63, 3.8) is 0 Å². The minimum absolute atomic E-state index is 0.501. The molecule has 0 heterocycles. The zero-order valence-corrected chi connectivity index (χ0v) is 17.9. The molecule has 0 aliphatic carbocycles. The third-order valence-corrected chi connectivity index (χ3v) is 3.92. The van der Waals surface area contributed by atoms with Gasteiger partial charge in [0.05, 0.1) is 11.4 Å². The summed E-state index contributed by atoms with van der Waals surface area (Å²) in [6, 6.07) is 0. The highest BCUT2D eigenvalue weighted by molar-refractivity contribution is 7.80. The lowest BCUT2D eigenvalue weighted by Gasteiger charge is -2.18. The van der Waals surface area contributed by atoms with Gasteiger partial charge >= 0.3 is 0 Å². The molecule has 144 valence electrons. The first-order valence-corrected chi connectivity index (χ1v) is 9.50. The Bertz CT molecular complexity index is 471. The van der Waals surface area contributed by atoms with Gasteiger partial charge in [-0.2, -0.15) is 10.2 Å². The maximum absolute atomic E-state index is 5.21. The van der Waals surface area contributed by atoms with E-state index in [-0.39, 0.29) is 0 Å². The summed E-state index contributed by atoms with van der Waals surface area (Å²) in [5, 5.41) is 15.7. The number of thiocarbonyl (C=S) groups is 2. The Balaban J connectivity index is 4.21. The van der Waals surface area contributed by atoms with Gasteiger partial charge in [0, 0.05) is 19.6 Å². The number of likely N-dealkylation sites (N-methyl/N-ethyl adjacent to an activating group) is 1. The molecule has 0 spiro atoms. The van der Waals surface area contributed by atoms with Crippen LogP contribution in [0.4, 0.5) is 0 Å².